The SMILES string of the molecule is COCCCOc1ccc(N/C(=C/C(=O)OC)C(=O)OC)cc1. The van der Waals surface area contributed by atoms with Crippen LogP contribution in [-0.2, 0) is 23.8 Å². The predicted octanol–water partition coefficient (Wildman–Crippen LogP) is 1.74. The highest BCUT2D eigenvalue weighted by Crippen LogP contribution is 2.17. The number of methoxy groups -OCH3 is 3. The van der Waals surface area contributed by atoms with Crippen LogP contribution in [0.2, 0.25) is 0 Å². The van der Waals surface area contributed by atoms with Crippen molar-refractivity contribution < 1.29 is 28.5 Å². The van der Waals surface area contributed by atoms with Gasteiger partial charge in [-0.1, -0.05) is 0 Å². The maximum atomic E-state index is 11.6. The third-order valence-electron chi connectivity index (χ3n) is 2.76. The Morgan fingerprint density at radius 2 is 1.74 bits per heavy atom. The summed E-state index contributed by atoms with van der Waals surface area (Å²) in [5.74, 6) is -0.630. The smallest absolute Gasteiger partial charge is 0.354 e. The Balaban J connectivity index is 2.68. The zero-order chi connectivity index (χ0) is 17.1. The number of carbonyl (C=O) groups is 2. The summed E-state index contributed by atoms with van der Waals surface area (Å²) in [7, 11) is 4.09. The van der Waals surface area contributed by atoms with Crippen molar-refractivity contribution in [3.8, 4) is 5.75 Å². The van der Waals surface area contributed by atoms with E-state index < -0.39 is 11.9 Å². The van der Waals surface area contributed by atoms with Crippen molar-refractivity contribution in [3.05, 3.63) is 36.0 Å². The molecule has 7 nitrogen and oxygen atoms in total. The topological polar surface area (TPSA) is 83.1 Å². The molecule has 0 heterocycles. The summed E-state index contributed by atoms with van der Waals surface area (Å²) >= 11 is 0. The molecule has 0 bridgehead atoms. The van der Waals surface area contributed by atoms with Crippen LogP contribution in [-0.4, -0.2) is 46.5 Å². The van der Waals surface area contributed by atoms with Gasteiger partial charge in [-0.25, -0.2) is 9.59 Å². The Hall–Kier alpha value is -2.54. The highest BCUT2D eigenvalue weighted by Gasteiger charge is 2.12. The van der Waals surface area contributed by atoms with Gasteiger partial charge in [-0.2, -0.15) is 0 Å². The third kappa shape index (κ3) is 6.84. The van der Waals surface area contributed by atoms with Gasteiger partial charge in [0, 0.05) is 25.8 Å². The molecular formula is C16H21NO6. The average molecular weight is 323 g/mol. The van der Waals surface area contributed by atoms with Gasteiger partial charge in [0.05, 0.1) is 26.9 Å². The first-order valence-electron chi connectivity index (χ1n) is 6.97. The number of esters is 2. The molecule has 0 radical (unpaired) electrons. The number of hydrogen-bond acceptors (Lipinski definition) is 7. The van der Waals surface area contributed by atoms with Crippen LogP contribution in [0, 0.1) is 0 Å². The summed E-state index contributed by atoms with van der Waals surface area (Å²) in [4.78, 5) is 22.9. The molecule has 0 saturated carbocycles. The zero-order valence-corrected chi connectivity index (χ0v) is 13.5. The van der Waals surface area contributed by atoms with Crippen LogP contribution < -0.4 is 10.1 Å². The largest absolute Gasteiger partial charge is 0.494 e. The van der Waals surface area contributed by atoms with E-state index in [-0.39, 0.29) is 5.70 Å². The molecule has 0 aliphatic heterocycles. The van der Waals surface area contributed by atoms with E-state index >= 15 is 0 Å². The van der Waals surface area contributed by atoms with Gasteiger partial charge in [-0.05, 0) is 24.3 Å². The summed E-state index contributed by atoms with van der Waals surface area (Å²) < 4.78 is 19.6. The molecule has 0 aliphatic carbocycles. The molecule has 1 aromatic carbocycles. The van der Waals surface area contributed by atoms with E-state index in [4.69, 9.17) is 9.47 Å². The van der Waals surface area contributed by atoms with Gasteiger partial charge in [-0.15, -0.1) is 0 Å². The van der Waals surface area contributed by atoms with Crippen molar-refractivity contribution in [2.45, 2.75) is 6.42 Å². The minimum Gasteiger partial charge on any atom is -0.494 e. The second-order valence-electron chi connectivity index (χ2n) is 4.42. The molecule has 23 heavy (non-hydrogen) atoms. The molecule has 0 saturated heterocycles. The Bertz CT molecular complexity index is 538. The monoisotopic (exact) mass is 323 g/mol. The summed E-state index contributed by atoms with van der Waals surface area (Å²) in [5, 5.41) is 2.81. The lowest BCUT2D eigenvalue weighted by atomic mass is 10.2. The van der Waals surface area contributed by atoms with Crippen molar-refractivity contribution >= 4 is 17.6 Å². The van der Waals surface area contributed by atoms with E-state index in [1.807, 2.05) is 0 Å². The maximum absolute atomic E-state index is 11.6. The summed E-state index contributed by atoms with van der Waals surface area (Å²) in [6.07, 6.45) is 1.83. The molecule has 0 fully saturated rings. The maximum Gasteiger partial charge on any atom is 0.354 e. The Kier molecular flexibility index (Phi) is 8.23. The van der Waals surface area contributed by atoms with E-state index in [0.29, 0.717) is 24.7 Å². The first-order valence-corrected chi connectivity index (χ1v) is 6.97. The molecule has 0 unspecified atom stereocenters. The fourth-order valence-corrected chi connectivity index (χ4v) is 1.62. The molecule has 7 heteroatoms. The quantitative estimate of drug-likeness (QED) is 0.421. The Morgan fingerprint density at radius 1 is 1.04 bits per heavy atom. The highest BCUT2D eigenvalue weighted by atomic mass is 16.5. The minimum absolute atomic E-state index is 0.0203. The van der Waals surface area contributed by atoms with Crippen LogP contribution in [0.1, 0.15) is 6.42 Å². The number of carbonyl (C=O) groups excluding carboxylic acids is 2. The lowest BCUT2D eigenvalue weighted by molar-refractivity contribution is -0.138. The number of nitrogens with one attached hydrogen (secondary N) is 1. The number of benzene rings is 1. The zero-order valence-electron chi connectivity index (χ0n) is 13.5. The van der Waals surface area contributed by atoms with Crippen molar-refractivity contribution in [2.24, 2.45) is 0 Å². The lowest BCUT2D eigenvalue weighted by Crippen LogP contribution is -2.15. The summed E-state index contributed by atoms with van der Waals surface area (Å²) in [6.45, 7) is 1.19. The van der Waals surface area contributed by atoms with E-state index in [2.05, 4.69) is 14.8 Å². The second-order valence-corrected chi connectivity index (χ2v) is 4.42. The van der Waals surface area contributed by atoms with E-state index in [1.165, 1.54) is 14.2 Å². The van der Waals surface area contributed by atoms with Gasteiger partial charge < -0.3 is 24.3 Å². The van der Waals surface area contributed by atoms with Gasteiger partial charge in [0.15, 0.2) is 0 Å². The van der Waals surface area contributed by atoms with Crippen LogP contribution in [0.25, 0.3) is 0 Å². The second kappa shape index (κ2) is 10.2. The van der Waals surface area contributed by atoms with Crippen molar-refractivity contribution in [3.63, 3.8) is 0 Å². The molecule has 0 atom stereocenters. The molecule has 126 valence electrons. The number of rotatable bonds is 9. The first kappa shape index (κ1) is 18.5. The molecule has 0 spiro atoms. The number of ether oxygens (including phenoxy) is 4. The van der Waals surface area contributed by atoms with E-state index in [0.717, 1.165) is 12.5 Å². The van der Waals surface area contributed by atoms with Crippen LogP contribution in [0.3, 0.4) is 0 Å². The Labute approximate surface area is 135 Å². The molecule has 1 N–H and O–H groups in total. The van der Waals surface area contributed by atoms with Crippen molar-refractivity contribution in [1.82, 2.24) is 0 Å². The number of anilines is 1. The van der Waals surface area contributed by atoms with Crippen LogP contribution in [0.4, 0.5) is 5.69 Å². The summed E-state index contributed by atoms with van der Waals surface area (Å²) in [6, 6.07) is 6.95. The molecule has 1 rings (SSSR count). The van der Waals surface area contributed by atoms with Gasteiger partial charge in [0.25, 0.3) is 0 Å². The Morgan fingerprint density at radius 3 is 2.30 bits per heavy atom. The van der Waals surface area contributed by atoms with Crippen LogP contribution in [0.5, 0.6) is 5.75 Å². The number of hydrogen-bond donors (Lipinski definition) is 1. The highest BCUT2D eigenvalue weighted by molar-refractivity contribution is 5.98. The average Bonchev–Trinajstić information content (AvgIpc) is 2.58. The third-order valence-corrected chi connectivity index (χ3v) is 2.76. The van der Waals surface area contributed by atoms with E-state index in [9.17, 15) is 9.59 Å². The van der Waals surface area contributed by atoms with Gasteiger partial charge in [-0.3, -0.25) is 0 Å². The van der Waals surface area contributed by atoms with E-state index in [1.54, 1.807) is 31.4 Å². The van der Waals surface area contributed by atoms with Gasteiger partial charge >= 0.3 is 11.9 Å². The van der Waals surface area contributed by atoms with Crippen LogP contribution in [0.15, 0.2) is 36.0 Å². The van der Waals surface area contributed by atoms with Crippen LogP contribution >= 0.6 is 0 Å². The molecule has 1 aromatic rings. The lowest BCUT2D eigenvalue weighted by Gasteiger charge is -2.10. The minimum atomic E-state index is -0.671. The normalized spacial score (nSPS) is 10.8. The van der Waals surface area contributed by atoms with Gasteiger partial charge in [0.2, 0.25) is 0 Å². The summed E-state index contributed by atoms with van der Waals surface area (Å²) in [5.41, 5.74) is 0.586. The first-order chi connectivity index (χ1) is 11.1. The van der Waals surface area contributed by atoms with Crippen molar-refractivity contribution in [1.29, 1.82) is 0 Å². The fraction of sp³-hybridized carbons (Fsp3) is 0.375. The molecule has 0 aromatic heterocycles. The predicted molar refractivity (Wildman–Crippen MR) is 84.2 cm³/mol. The fourth-order valence-electron chi connectivity index (χ4n) is 1.62. The molecular weight excluding hydrogens is 302 g/mol. The molecule has 0 aliphatic rings. The van der Waals surface area contributed by atoms with Gasteiger partial charge in [0.1, 0.15) is 11.4 Å². The molecule has 0 amide bonds. The standard InChI is InChI=1S/C16H21NO6/c1-20-9-4-10-23-13-7-5-12(6-8-13)17-14(16(19)22-3)11-15(18)21-2/h5-8,11,17H,4,9-10H2,1-3H3/b14-11+. The van der Waals surface area contributed by atoms with Crippen molar-refractivity contribution in [2.75, 3.05) is 39.9 Å².